The van der Waals surface area contributed by atoms with Crippen molar-refractivity contribution in [1.29, 1.82) is 5.26 Å². The number of Topliss-reactive ketones (excluding diaryl/α,β-unsaturated/α-hetero) is 1. The van der Waals surface area contributed by atoms with E-state index in [1.54, 1.807) is 30.3 Å². The molecule has 0 fully saturated rings. The summed E-state index contributed by atoms with van der Waals surface area (Å²) in [5.41, 5.74) is 3.73. The third kappa shape index (κ3) is 2.69. The van der Waals surface area contributed by atoms with Crippen molar-refractivity contribution < 1.29 is 9.18 Å². The number of ketones is 1. The van der Waals surface area contributed by atoms with Gasteiger partial charge in [-0.25, -0.2) is 4.39 Å². The highest BCUT2D eigenvalue weighted by molar-refractivity contribution is 6.07. The summed E-state index contributed by atoms with van der Waals surface area (Å²) in [5, 5.41) is 10.1. The Morgan fingerprint density at radius 1 is 1.17 bits per heavy atom. The Hall–Kier alpha value is -3.06. The Morgan fingerprint density at radius 2 is 1.87 bits per heavy atom. The minimum Gasteiger partial charge on any atom is -0.294 e. The van der Waals surface area contributed by atoms with Crippen LogP contribution in [0, 0.1) is 24.1 Å². The van der Waals surface area contributed by atoms with Crippen molar-refractivity contribution in [3.63, 3.8) is 0 Å². The average molecular weight is 304 g/mol. The lowest BCUT2D eigenvalue weighted by atomic mass is 9.95. The molecule has 0 amide bonds. The zero-order valence-electron chi connectivity index (χ0n) is 12.7. The molecule has 1 aromatic heterocycles. The van der Waals surface area contributed by atoms with Gasteiger partial charge in [0.05, 0.1) is 17.1 Å². The number of fused-ring (bicyclic) bond motifs is 1. The van der Waals surface area contributed by atoms with E-state index >= 15 is 0 Å². The van der Waals surface area contributed by atoms with Crippen molar-refractivity contribution in [1.82, 2.24) is 4.98 Å². The summed E-state index contributed by atoms with van der Waals surface area (Å²) in [5.74, 6) is -0.398. The fraction of sp³-hybridized carbons (Fsp3) is 0.105. The van der Waals surface area contributed by atoms with Gasteiger partial charge >= 0.3 is 0 Å². The van der Waals surface area contributed by atoms with Crippen LogP contribution in [0.25, 0.3) is 22.0 Å². The van der Waals surface area contributed by atoms with E-state index in [4.69, 9.17) is 0 Å². The number of nitriles is 1. The molecule has 0 unspecified atom stereocenters. The summed E-state index contributed by atoms with van der Waals surface area (Å²) in [6.07, 6.45) is 0. The Labute approximate surface area is 133 Å². The fourth-order valence-electron chi connectivity index (χ4n) is 2.66. The minimum atomic E-state index is -0.338. The number of rotatable bonds is 2. The molecule has 0 spiro atoms. The van der Waals surface area contributed by atoms with E-state index in [-0.39, 0.29) is 11.6 Å². The van der Waals surface area contributed by atoms with Crippen molar-refractivity contribution in [2.75, 3.05) is 0 Å². The zero-order chi connectivity index (χ0) is 16.6. The molecule has 23 heavy (non-hydrogen) atoms. The van der Waals surface area contributed by atoms with Gasteiger partial charge in [-0.1, -0.05) is 12.1 Å². The second-order valence-electron chi connectivity index (χ2n) is 5.40. The SMILES string of the molecule is CC(=O)c1cc(C)nc2cc(C#N)c(-c3ccc(F)cc3)cc12. The van der Waals surface area contributed by atoms with Crippen LogP contribution in [0.3, 0.4) is 0 Å². The Bertz CT molecular complexity index is 969. The molecule has 3 aromatic rings. The highest BCUT2D eigenvalue weighted by atomic mass is 19.1. The van der Waals surface area contributed by atoms with Crippen molar-refractivity contribution in [3.05, 3.63) is 65.1 Å². The molecule has 2 aromatic carbocycles. The molecule has 3 nitrogen and oxygen atoms in total. The highest BCUT2D eigenvalue weighted by Gasteiger charge is 2.13. The molecular formula is C19H13FN2O. The molecule has 3 rings (SSSR count). The Kier molecular flexibility index (Phi) is 3.63. The fourth-order valence-corrected chi connectivity index (χ4v) is 2.66. The van der Waals surface area contributed by atoms with E-state index in [2.05, 4.69) is 11.1 Å². The number of carbonyl (C=O) groups excluding carboxylic acids is 1. The molecule has 4 heteroatoms. The van der Waals surface area contributed by atoms with Gasteiger partial charge in [-0.3, -0.25) is 9.78 Å². The quantitative estimate of drug-likeness (QED) is 0.658. The van der Waals surface area contributed by atoms with Gasteiger partial charge in [0.25, 0.3) is 0 Å². The summed E-state index contributed by atoms with van der Waals surface area (Å²) in [6.45, 7) is 3.32. The molecule has 0 aliphatic carbocycles. The van der Waals surface area contributed by atoms with Crippen LogP contribution in [0.4, 0.5) is 4.39 Å². The Balaban J connectivity index is 2.36. The molecular weight excluding hydrogens is 291 g/mol. The first-order valence-electron chi connectivity index (χ1n) is 7.12. The second kappa shape index (κ2) is 5.62. The monoisotopic (exact) mass is 304 g/mol. The van der Waals surface area contributed by atoms with Gasteiger partial charge in [0, 0.05) is 22.2 Å². The van der Waals surface area contributed by atoms with E-state index in [1.807, 2.05) is 6.92 Å². The molecule has 0 saturated carbocycles. The number of halogens is 1. The average Bonchev–Trinajstić information content (AvgIpc) is 2.53. The predicted octanol–water partition coefficient (Wildman–Crippen LogP) is 4.42. The van der Waals surface area contributed by atoms with Gasteiger partial charge < -0.3 is 0 Å². The van der Waals surface area contributed by atoms with Crippen LogP contribution in [-0.4, -0.2) is 10.8 Å². The smallest absolute Gasteiger partial charge is 0.160 e. The molecule has 112 valence electrons. The second-order valence-corrected chi connectivity index (χ2v) is 5.40. The van der Waals surface area contributed by atoms with Crippen molar-refractivity contribution in [3.8, 4) is 17.2 Å². The number of pyridine rings is 1. The first-order chi connectivity index (χ1) is 11.0. The molecule has 0 bridgehead atoms. The van der Waals surface area contributed by atoms with Gasteiger partial charge in [-0.15, -0.1) is 0 Å². The molecule has 1 heterocycles. The Morgan fingerprint density at radius 3 is 2.48 bits per heavy atom. The maximum absolute atomic E-state index is 13.1. The molecule has 0 radical (unpaired) electrons. The van der Waals surface area contributed by atoms with E-state index < -0.39 is 0 Å². The van der Waals surface area contributed by atoms with E-state index in [9.17, 15) is 14.4 Å². The van der Waals surface area contributed by atoms with Gasteiger partial charge in [0.15, 0.2) is 5.78 Å². The summed E-state index contributed by atoms with van der Waals surface area (Å²) < 4.78 is 13.1. The third-order valence-electron chi connectivity index (χ3n) is 3.73. The standard InChI is InChI=1S/C19H13FN2O/c1-11-7-16(12(2)23)18-9-17(13-3-5-15(20)6-4-13)14(10-21)8-19(18)22-11/h3-9H,1-2H3. The van der Waals surface area contributed by atoms with E-state index in [0.29, 0.717) is 27.6 Å². The third-order valence-corrected chi connectivity index (χ3v) is 3.73. The van der Waals surface area contributed by atoms with Gasteiger partial charge in [-0.2, -0.15) is 5.26 Å². The van der Waals surface area contributed by atoms with Crippen LogP contribution in [0.5, 0.6) is 0 Å². The molecule has 0 aliphatic rings. The summed E-state index contributed by atoms with van der Waals surface area (Å²) in [4.78, 5) is 16.3. The number of aryl methyl sites for hydroxylation is 1. The first kappa shape index (κ1) is 14.9. The first-order valence-corrected chi connectivity index (χ1v) is 7.12. The van der Waals surface area contributed by atoms with E-state index in [1.165, 1.54) is 19.1 Å². The number of nitrogens with zero attached hydrogens (tertiary/aromatic N) is 2. The number of carbonyl (C=O) groups is 1. The summed E-state index contributed by atoms with van der Waals surface area (Å²) in [7, 11) is 0. The predicted molar refractivity (Wildman–Crippen MR) is 86.6 cm³/mol. The summed E-state index contributed by atoms with van der Waals surface area (Å²) in [6, 6.07) is 13.3. The van der Waals surface area contributed by atoms with E-state index in [0.717, 1.165) is 11.3 Å². The molecule has 0 aliphatic heterocycles. The molecule has 0 N–H and O–H groups in total. The lowest BCUT2D eigenvalue weighted by molar-refractivity contribution is 0.101. The van der Waals surface area contributed by atoms with Gasteiger partial charge in [0.1, 0.15) is 5.82 Å². The maximum Gasteiger partial charge on any atom is 0.160 e. The van der Waals surface area contributed by atoms with Crippen molar-refractivity contribution in [2.24, 2.45) is 0 Å². The summed E-state index contributed by atoms with van der Waals surface area (Å²) >= 11 is 0. The maximum atomic E-state index is 13.1. The van der Waals surface area contributed by atoms with Crippen LogP contribution in [0.15, 0.2) is 42.5 Å². The largest absolute Gasteiger partial charge is 0.294 e. The van der Waals surface area contributed by atoms with Crippen molar-refractivity contribution in [2.45, 2.75) is 13.8 Å². The van der Waals surface area contributed by atoms with Crippen LogP contribution >= 0.6 is 0 Å². The van der Waals surface area contributed by atoms with Crippen LogP contribution < -0.4 is 0 Å². The van der Waals surface area contributed by atoms with Crippen LogP contribution in [0.1, 0.15) is 28.5 Å². The number of hydrogen-bond donors (Lipinski definition) is 0. The van der Waals surface area contributed by atoms with Crippen molar-refractivity contribution >= 4 is 16.7 Å². The number of benzene rings is 2. The lowest BCUT2D eigenvalue weighted by Crippen LogP contribution is -1.99. The minimum absolute atomic E-state index is 0.0599. The normalized spacial score (nSPS) is 10.5. The van der Waals surface area contributed by atoms with Crippen LogP contribution in [-0.2, 0) is 0 Å². The number of aromatic nitrogens is 1. The highest BCUT2D eigenvalue weighted by Crippen LogP contribution is 2.30. The topological polar surface area (TPSA) is 53.8 Å². The molecule has 0 atom stereocenters. The molecule has 0 saturated heterocycles. The number of hydrogen-bond acceptors (Lipinski definition) is 3. The van der Waals surface area contributed by atoms with Gasteiger partial charge in [0.2, 0.25) is 0 Å². The lowest BCUT2D eigenvalue weighted by Gasteiger charge is -2.10. The van der Waals surface area contributed by atoms with Gasteiger partial charge in [-0.05, 0) is 49.7 Å². The van der Waals surface area contributed by atoms with Crippen LogP contribution in [0.2, 0.25) is 0 Å². The zero-order valence-corrected chi connectivity index (χ0v) is 12.7.